The first-order valence-electron chi connectivity index (χ1n) is 11.7. The van der Waals surface area contributed by atoms with Gasteiger partial charge in [-0.2, -0.15) is 0 Å². The number of fused-ring (bicyclic) bond motifs is 1. The van der Waals surface area contributed by atoms with E-state index in [1.54, 1.807) is 6.07 Å². The van der Waals surface area contributed by atoms with Gasteiger partial charge in [-0.15, -0.1) is 0 Å². The van der Waals surface area contributed by atoms with Crippen molar-refractivity contribution in [1.29, 1.82) is 0 Å². The lowest BCUT2D eigenvalue weighted by molar-refractivity contribution is -0.142. The molecule has 6 heteroatoms. The Bertz CT molecular complexity index is 1210. The van der Waals surface area contributed by atoms with Gasteiger partial charge in [0, 0.05) is 18.1 Å². The lowest BCUT2D eigenvalue weighted by atomic mass is 9.81. The van der Waals surface area contributed by atoms with E-state index < -0.39 is 17.7 Å². The monoisotopic (exact) mass is 461 g/mol. The van der Waals surface area contributed by atoms with Crippen LogP contribution in [0.15, 0.2) is 54.7 Å². The van der Waals surface area contributed by atoms with E-state index in [2.05, 4.69) is 23.2 Å². The van der Waals surface area contributed by atoms with Crippen molar-refractivity contribution in [2.24, 2.45) is 11.8 Å². The van der Waals surface area contributed by atoms with Crippen molar-refractivity contribution in [3.8, 4) is 17.0 Å². The SMILES string of the molecule is COc1cc(-c2ccc([C@H]3Cc4cc([C@H](C5CC5)[C@H](C)C(=O)O)ccc4CO3)cc2)c(F)cn1. The van der Waals surface area contributed by atoms with Gasteiger partial charge in [0.25, 0.3) is 0 Å². The normalized spacial score (nSPS) is 19.2. The van der Waals surface area contributed by atoms with Crippen LogP contribution in [0.2, 0.25) is 0 Å². The van der Waals surface area contributed by atoms with Crippen LogP contribution in [0, 0.1) is 17.7 Å². The molecule has 5 nitrogen and oxygen atoms in total. The Morgan fingerprint density at radius 1 is 1.15 bits per heavy atom. The zero-order valence-corrected chi connectivity index (χ0v) is 19.3. The van der Waals surface area contributed by atoms with Crippen LogP contribution in [0.5, 0.6) is 5.88 Å². The van der Waals surface area contributed by atoms with Crippen LogP contribution in [0.3, 0.4) is 0 Å². The summed E-state index contributed by atoms with van der Waals surface area (Å²) in [6, 6.07) is 15.7. The van der Waals surface area contributed by atoms with Crippen LogP contribution >= 0.6 is 0 Å². The number of rotatable bonds is 7. The van der Waals surface area contributed by atoms with Crippen LogP contribution in [0.25, 0.3) is 11.1 Å². The minimum absolute atomic E-state index is 0.0515. The quantitative estimate of drug-likeness (QED) is 0.473. The van der Waals surface area contributed by atoms with E-state index in [1.807, 2.05) is 31.2 Å². The number of ether oxygens (including phenoxy) is 2. The number of aromatic nitrogens is 1. The molecule has 0 amide bonds. The number of hydrogen-bond acceptors (Lipinski definition) is 4. The van der Waals surface area contributed by atoms with E-state index in [0.29, 0.717) is 24.0 Å². The molecular formula is C28H28FNO4. The predicted molar refractivity (Wildman–Crippen MR) is 126 cm³/mol. The Hall–Kier alpha value is -3.25. The van der Waals surface area contributed by atoms with Gasteiger partial charge in [-0.1, -0.05) is 49.4 Å². The van der Waals surface area contributed by atoms with E-state index >= 15 is 0 Å². The van der Waals surface area contributed by atoms with Crippen molar-refractivity contribution in [2.75, 3.05) is 7.11 Å². The van der Waals surface area contributed by atoms with Crippen molar-refractivity contribution >= 4 is 5.97 Å². The highest BCUT2D eigenvalue weighted by Gasteiger charge is 2.39. The highest BCUT2D eigenvalue weighted by Crippen LogP contribution is 2.47. The van der Waals surface area contributed by atoms with Crippen molar-refractivity contribution in [2.45, 2.75) is 44.8 Å². The smallest absolute Gasteiger partial charge is 0.306 e. The molecule has 0 unspecified atom stereocenters. The summed E-state index contributed by atoms with van der Waals surface area (Å²) in [4.78, 5) is 15.6. The molecule has 176 valence electrons. The number of nitrogens with zero attached hydrogens (tertiary/aromatic N) is 1. The van der Waals surface area contributed by atoms with Crippen molar-refractivity contribution in [3.63, 3.8) is 0 Å². The van der Waals surface area contributed by atoms with Gasteiger partial charge < -0.3 is 14.6 Å². The number of carboxylic acids is 1. The van der Waals surface area contributed by atoms with Crippen LogP contribution < -0.4 is 4.74 Å². The minimum atomic E-state index is -0.737. The second-order valence-electron chi connectivity index (χ2n) is 9.35. The Labute approximate surface area is 198 Å². The number of carbonyl (C=O) groups is 1. The molecule has 0 radical (unpaired) electrons. The molecule has 3 aromatic rings. The molecule has 0 bridgehead atoms. The summed E-state index contributed by atoms with van der Waals surface area (Å²) in [6.07, 6.45) is 3.98. The van der Waals surface area contributed by atoms with Gasteiger partial charge >= 0.3 is 5.97 Å². The molecule has 2 heterocycles. The number of pyridine rings is 1. The maximum absolute atomic E-state index is 14.3. The summed E-state index contributed by atoms with van der Waals surface area (Å²) in [7, 11) is 1.51. The lowest BCUT2D eigenvalue weighted by Gasteiger charge is -2.28. The average Bonchev–Trinajstić information content (AvgIpc) is 3.69. The van der Waals surface area contributed by atoms with Crippen LogP contribution in [-0.4, -0.2) is 23.2 Å². The fourth-order valence-corrected chi connectivity index (χ4v) is 5.05. The molecule has 1 fully saturated rings. The Kier molecular flexibility index (Phi) is 6.09. The number of carboxylic acid groups (broad SMARTS) is 1. The average molecular weight is 462 g/mol. The lowest BCUT2D eigenvalue weighted by Crippen LogP contribution is -2.22. The number of benzene rings is 2. The summed E-state index contributed by atoms with van der Waals surface area (Å²) in [5, 5.41) is 9.62. The Morgan fingerprint density at radius 3 is 2.59 bits per heavy atom. The molecule has 1 aliphatic heterocycles. The summed E-state index contributed by atoms with van der Waals surface area (Å²) < 4.78 is 25.6. The van der Waals surface area contributed by atoms with E-state index in [-0.39, 0.29) is 12.0 Å². The Morgan fingerprint density at radius 2 is 1.91 bits per heavy atom. The van der Waals surface area contributed by atoms with E-state index in [9.17, 15) is 14.3 Å². The van der Waals surface area contributed by atoms with Gasteiger partial charge in [-0.25, -0.2) is 9.37 Å². The first kappa shape index (κ1) is 22.5. The highest BCUT2D eigenvalue weighted by molar-refractivity contribution is 5.71. The molecule has 34 heavy (non-hydrogen) atoms. The molecule has 2 aromatic carbocycles. The fourth-order valence-electron chi connectivity index (χ4n) is 5.05. The number of aliphatic carboxylic acids is 1. The number of hydrogen-bond donors (Lipinski definition) is 1. The molecule has 2 aliphatic rings. The maximum atomic E-state index is 14.3. The summed E-state index contributed by atoms with van der Waals surface area (Å²) >= 11 is 0. The first-order chi connectivity index (χ1) is 16.4. The topological polar surface area (TPSA) is 68.7 Å². The summed E-state index contributed by atoms with van der Waals surface area (Å²) in [6.45, 7) is 2.33. The molecule has 0 spiro atoms. The number of halogens is 1. The zero-order valence-electron chi connectivity index (χ0n) is 19.3. The largest absolute Gasteiger partial charge is 0.481 e. The molecule has 1 aliphatic carbocycles. The minimum Gasteiger partial charge on any atom is -0.481 e. The van der Waals surface area contributed by atoms with Gasteiger partial charge in [0.05, 0.1) is 31.9 Å². The maximum Gasteiger partial charge on any atom is 0.306 e. The number of methoxy groups -OCH3 is 1. The first-order valence-corrected chi connectivity index (χ1v) is 11.7. The zero-order chi connectivity index (χ0) is 23.8. The molecule has 1 aromatic heterocycles. The predicted octanol–water partition coefficient (Wildman–Crippen LogP) is 5.92. The Balaban J connectivity index is 1.37. The van der Waals surface area contributed by atoms with Gasteiger partial charge in [0.2, 0.25) is 5.88 Å². The van der Waals surface area contributed by atoms with E-state index in [0.717, 1.165) is 41.5 Å². The standard InChI is InChI=1S/C28H28FNO4/c1-16(28(31)32)27(19-7-8-19)20-9-10-21-15-34-25(12-22(21)11-20)18-5-3-17(4-6-18)23-13-26(33-2)30-14-24(23)29/h3-6,9-11,13-14,16,19,25,27H,7-8,12,15H2,1-2H3,(H,31,32)/t16-,25+,27-/m0/s1. The van der Waals surface area contributed by atoms with Crippen LogP contribution in [-0.2, 0) is 22.6 Å². The molecule has 3 atom stereocenters. The third-order valence-electron chi connectivity index (χ3n) is 7.15. The van der Waals surface area contributed by atoms with E-state index in [4.69, 9.17) is 9.47 Å². The van der Waals surface area contributed by atoms with Gasteiger partial charge in [-0.3, -0.25) is 4.79 Å². The molecule has 5 rings (SSSR count). The second kappa shape index (κ2) is 9.18. The third kappa shape index (κ3) is 4.42. The second-order valence-corrected chi connectivity index (χ2v) is 9.35. The van der Waals surface area contributed by atoms with Crippen molar-refractivity contribution < 1.29 is 23.8 Å². The summed E-state index contributed by atoms with van der Waals surface area (Å²) in [5.74, 6) is -0.662. The van der Waals surface area contributed by atoms with Crippen molar-refractivity contribution in [3.05, 3.63) is 82.8 Å². The molecular weight excluding hydrogens is 433 g/mol. The molecule has 1 N–H and O–H groups in total. The third-order valence-corrected chi connectivity index (χ3v) is 7.15. The van der Waals surface area contributed by atoms with Crippen LogP contribution in [0.1, 0.15) is 54.0 Å². The molecule has 1 saturated carbocycles. The molecule has 0 saturated heterocycles. The van der Waals surface area contributed by atoms with Gasteiger partial charge in [0.1, 0.15) is 5.82 Å². The van der Waals surface area contributed by atoms with Gasteiger partial charge in [-0.05, 0) is 52.5 Å². The highest BCUT2D eigenvalue weighted by atomic mass is 19.1. The summed E-state index contributed by atoms with van der Waals surface area (Å²) in [5.41, 5.74) is 5.70. The fraction of sp³-hybridized carbons (Fsp3) is 0.357. The van der Waals surface area contributed by atoms with Crippen LogP contribution in [0.4, 0.5) is 4.39 Å². The van der Waals surface area contributed by atoms with Crippen molar-refractivity contribution in [1.82, 2.24) is 4.98 Å². The van der Waals surface area contributed by atoms with E-state index in [1.165, 1.54) is 18.9 Å². The van der Waals surface area contributed by atoms with Gasteiger partial charge in [0.15, 0.2) is 0 Å².